The zero-order valence-corrected chi connectivity index (χ0v) is 15.2. The fourth-order valence-electron chi connectivity index (χ4n) is 2.52. The first-order valence-corrected chi connectivity index (χ1v) is 8.64. The fraction of sp³-hybridized carbons (Fsp3) is 0.111. The number of imide groups is 1. The van der Waals surface area contributed by atoms with E-state index in [0.717, 1.165) is 10.5 Å². The van der Waals surface area contributed by atoms with Crippen LogP contribution in [0.3, 0.4) is 0 Å². The normalized spacial score (nSPS) is 14.4. The van der Waals surface area contributed by atoms with Crippen molar-refractivity contribution in [1.29, 1.82) is 0 Å². The van der Waals surface area contributed by atoms with E-state index in [2.05, 4.69) is 5.32 Å². The van der Waals surface area contributed by atoms with Gasteiger partial charge in [-0.15, -0.1) is 0 Å². The van der Waals surface area contributed by atoms with Crippen molar-refractivity contribution in [2.75, 3.05) is 11.4 Å². The maximum Gasteiger partial charge on any atom is 0.283 e. The minimum absolute atomic E-state index is 0.0682. The number of carbonyl (C=O) groups excluding carboxylic acids is 2. The Morgan fingerprint density at radius 3 is 2.32 bits per heavy atom. The minimum Gasteiger partial charge on any atom is -0.379 e. The van der Waals surface area contributed by atoms with E-state index in [1.807, 2.05) is 30.3 Å². The molecule has 25 heavy (non-hydrogen) atoms. The molecule has 1 N–H and O–H groups in total. The number of anilines is 1. The molecule has 2 aromatic carbocycles. The fourth-order valence-corrected chi connectivity index (χ4v) is 3.13. The molecule has 3 rings (SSSR count). The molecular weight excluding hydrogens is 383 g/mol. The number of carbonyl (C=O) groups is 2. The lowest BCUT2D eigenvalue weighted by molar-refractivity contribution is -0.120. The van der Waals surface area contributed by atoms with Crippen LogP contribution in [-0.4, -0.2) is 18.4 Å². The molecule has 2 amide bonds. The molecule has 0 saturated carbocycles. The van der Waals surface area contributed by atoms with Gasteiger partial charge in [0.2, 0.25) is 0 Å². The van der Waals surface area contributed by atoms with Gasteiger partial charge in [-0.2, -0.15) is 0 Å². The van der Waals surface area contributed by atoms with Crippen LogP contribution < -0.4 is 10.2 Å². The molecule has 7 heteroatoms. The number of nitrogens with zero attached hydrogens (tertiary/aromatic N) is 1. The topological polar surface area (TPSA) is 49.4 Å². The summed E-state index contributed by atoms with van der Waals surface area (Å²) in [7, 11) is 0. The summed E-state index contributed by atoms with van der Waals surface area (Å²) in [6.45, 7) is 0.464. The Hall–Kier alpha value is -2.01. The van der Waals surface area contributed by atoms with E-state index in [1.54, 1.807) is 18.2 Å². The molecule has 1 aliphatic heterocycles. The van der Waals surface area contributed by atoms with Crippen molar-refractivity contribution in [2.24, 2.45) is 0 Å². The van der Waals surface area contributed by atoms with Gasteiger partial charge in [-0.3, -0.25) is 9.59 Å². The number of hydrogen-bond acceptors (Lipinski definition) is 3. The number of nitrogens with one attached hydrogen (secondary N) is 1. The van der Waals surface area contributed by atoms with Crippen molar-refractivity contribution < 1.29 is 9.59 Å². The maximum absolute atomic E-state index is 12.6. The minimum atomic E-state index is -0.627. The third-order valence-corrected chi connectivity index (χ3v) is 4.92. The van der Waals surface area contributed by atoms with E-state index < -0.39 is 11.8 Å². The Bertz CT molecular complexity index is 866. The molecule has 0 spiro atoms. The monoisotopic (exact) mass is 394 g/mol. The van der Waals surface area contributed by atoms with Crippen molar-refractivity contribution >= 4 is 52.3 Å². The zero-order valence-electron chi connectivity index (χ0n) is 12.9. The Kier molecular flexibility index (Phi) is 5.33. The number of benzene rings is 2. The summed E-state index contributed by atoms with van der Waals surface area (Å²) >= 11 is 18.2. The predicted molar refractivity (Wildman–Crippen MR) is 100.0 cm³/mol. The van der Waals surface area contributed by atoms with Gasteiger partial charge in [0.1, 0.15) is 10.7 Å². The van der Waals surface area contributed by atoms with E-state index in [9.17, 15) is 9.59 Å². The second kappa shape index (κ2) is 7.48. The van der Waals surface area contributed by atoms with E-state index >= 15 is 0 Å². The summed E-state index contributed by atoms with van der Waals surface area (Å²) in [5, 5.41) is 3.17. The van der Waals surface area contributed by atoms with Crippen LogP contribution in [0.5, 0.6) is 0 Å². The highest BCUT2D eigenvalue weighted by Crippen LogP contribution is 2.36. The molecule has 0 bridgehead atoms. The van der Waals surface area contributed by atoms with Crippen molar-refractivity contribution in [1.82, 2.24) is 5.32 Å². The number of halogens is 3. The summed E-state index contributed by atoms with van der Waals surface area (Å²) in [6.07, 6.45) is 0.688. The summed E-state index contributed by atoms with van der Waals surface area (Å²) in [6, 6.07) is 14.5. The molecule has 2 aromatic rings. The quantitative estimate of drug-likeness (QED) is 0.774. The lowest BCUT2D eigenvalue weighted by Gasteiger charge is -2.17. The molecule has 0 aliphatic carbocycles. The summed E-state index contributed by atoms with van der Waals surface area (Å²) in [5.74, 6) is -1.18. The molecule has 0 atom stereocenters. The average molecular weight is 396 g/mol. The molecule has 1 aliphatic rings. The van der Waals surface area contributed by atoms with Crippen LogP contribution in [-0.2, 0) is 16.0 Å². The van der Waals surface area contributed by atoms with E-state index in [4.69, 9.17) is 34.8 Å². The van der Waals surface area contributed by atoms with Crippen LogP contribution in [0.15, 0.2) is 59.3 Å². The van der Waals surface area contributed by atoms with Crippen molar-refractivity contribution in [3.05, 3.63) is 74.9 Å². The standard InChI is InChI=1S/C18H13Cl3N2O2/c19-12-7-4-8-13(14(12)20)23-17(24)15(21)16(18(23)25)22-10-9-11-5-2-1-3-6-11/h1-8,22H,9-10H2. The highest BCUT2D eigenvalue weighted by molar-refractivity contribution is 6.54. The van der Waals surface area contributed by atoms with Crippen LogP contribution in [0.2, 0.25) is 10.0 Å². The molecule has 0 aromatic heterocycles. The second-order valence-electron chi connectivity index (χ2n) is 5.37. The van der Waals surface area contributed by atoms with E-state index in [-0.39, 0.29) is 26.5 Å². The molecule has 0 unspecified atom stereocenters. The Labute approximate surface area is 160 Å². The second-order valence-corrected chi connectivity index (χ2v) is 6.53. The highest BCUT2D eigenvalue weighted by Gasteiger charge is 2.39. The number of rotatable bonds is 5. The highest BCUT2D eigenvalue weighted by atomic mass is 35.5. The predicted octanol–water partition coefficient (Wildman–Crippen LogP) is 4.15. The van der Waals surface area contributed by atoms with E-state index in [0.29, 0.717) is 13.0 Å². The summed E-state index contributed by atoms with van der Waals surface area (Å²) in [5.41, 5.74) is 1.39. The van der Waals surface area contributed by atoms with Gasteiger partial charge in [-0.1, -0.05) is 71.2 Å². The van der Waals surface area contributed by atoms with Crippen LogP contribution in [0.25, 0.3) is 0 Å². The largest absolute Gasteiger partial charge is 0.379 e. The van der Waals surface area contributed by atoms with Crippen molar-refractivity contribution in [2.45, 2.75) is 6.42 Å². The van der Waals surface area contributed by atoms with Crippen LogP contribution in [0.4, 0.5) is 5.69 Å². The molecule has 128 valence electrons. The van der Waals surface area contributed by atoms with Crippen molar-refractivity contribution in [3.63, 3.8) is 0 Å². The van der Waals surface area contributed by atoms with Gasteiger partial charge < -0.3 is 5.32 Å². The van der Waals surface area contributed by atoms with Gasteiger partial charge >= 0.3 is 0 Å². The average Bonchev–Trinajstić information content (AvgIpc) is 2.82. The Morgan fingerprint density at radius 1 is 0.880 bits per heavy atom. The molecular formula is C18H13Cl3N2O2. The third kappa shape index (κ3) is 3.52. The molecule has 4 nitrogen and oxygen atoms in total. The zero-order chi connectivity index (χ0) is 18.0. The van der Waals surface area contributed by atoms with Gasteiger partial charge in [0.05, 0.1) is 15.7 Å². The lowest BCUT2D eigenvalue weighted by atomic mass is 10.1. The van der Waals surface area contributed by atoms with Crippen molar-refractivity contribution in [3.8, 4) is 0 Å². The Balaban J connectivity index is 1.76. The summed E-state index contributed by atoms with van der Waals surface area (Å²) < 4.78 is 0. The lowest BCUT2D eigenvalue weighted by Crippen LogP contribution is -2.34. The van der Waals surface area contributed by atoms with Crippen LogP contribution in [0.1, 0.15) is 5.56 Å². The van der Waals surface area contributed by atoms with Crippen LogP contribution >= 0.6 is 34.8 Å². The first kappa shape index (κ1) is 17.8. The first-order chi connectivity index (χ1) is 12.0. The molecule has 1 heterocycles. The first-order valence-electron chi connectivity index (χ1n) is 7.51. The SMILES string of the molecule is O=C1C(Cl)=C(NCCc2ccccc2)C(=O)N1c1cccc(Cl)c1Cl. The van der Waals surface area contributed by atoms with Gasteiger partial charge in [-0.05, 0) is 24.1 Å². The number of hydrogen-bond donors (Lipinski definition) is 1. The summed E-state index contributed by atoms with van der Waals surface area (Å²) in [4.78, 5) is 26.0. The number of amides is 2. The van der Waals surface area contributed by atoms with E-state index in [1.165, 1.54) is 0 Å². The molecule has 0 fully saturated rings. The molecule has 0 saturated heterocycles. The molecule has 0 radical (unpaired) electrons. The van der Waals surface area contributed by atoms with Gasteiger partial charge in [-0.25, -0.2) is 4.90 Å². The van der Waals surface area contributed by atoms with Gasteiger partial charge in [0, 0.05) is 6.54 Å². The van der Waals surface area contributed by atoms with Gasteiger partial charge in [0.25, 0.3) is 11.8 Å². The third-order valence-electron chi connectivity index (χ3n) is 3.76. The smallest absolute Gasteiger partial charge is 0.283 e. The Morgan fingerprint density at radius 2 is 1.60 bits per heavy atom. The van der Waals surface area contributed by atoms with Gasteiger partial charge in [0.15, 0.2) is 0 Å². The maximum atomic E-state index is 12.6. The van der Waals surface area contributed by atoms with Crippen LogP contribution in [0, 0.1) is 0 Å².